The van der Waals surface area contributed by atoms with Crippen LogP contribution in [-0.4, -0.2) is 10.2 Å². The van der Waals surface area contributed by atoms with E-state index in [1.807, 2.05) is 0 Å². The summed E-state index contributed by atoms with van der Waals surface area (Å²) < 4.78 is 0. The molecule has 0 saturated heterocycles. The van der Waals surface area contributed by atoms with Crippen molar-refractivity contribution >= 4 is 0 Å². The Morgan fingerprint density at radius 2 is 1.92 bits per heavy atom. The largest absolute Gasteiger partial charge is 0.504 e. The Morgan fingerprint density at radius 3 is 2.46 bits per heavy atom. The standard InChI is InChI=1S/C10H13NO2/c11-10(6-1-2-6)7-3-4-8(12)9(13)5-7/h3-6,10,12-13H,1-2,11H2/t10-/m0/s1. The van der Waals surface area contributed by atoms with E-state index in [9.17, 15) is 5.11 Å². The van der Waals surface area contributed by atoms with Gasteiger partial charge in [-0.2, -0.15) is 0 Å². The van der Waals surface area contributed by atoms with Crippen molar-refractivity contribution in [2.24, 2.45) is 11.7 Å². The van der Waals surface area contributed by atoms with E-state index in [-0.39, 0.29) is 17.5 Å². The molecule has 1 aliphatic carbocycles. The van der Waals surface area contributed by atoms with Gasteiger partial charge in [0.1, 0.15) is 0 Å². The smallest absolute Gasteiger partial charge is 0.157 e. The Balaban J connectivity index is 2.24. The van der Waals surface area contributed by atoms with Crippen molar-refractivity contribution in [3.05, 3.63) is 23.8 Å². The minimum absolute atomic E-state index is 0.00602. The predicted octanol–water partition coefficient (Wildman–Crippen LogP) is 1.51. The Bertz CT molecular complexity index is 321. The van der Waals surface area contributed by atoms with Gasteiger partial charge in [0.25, 0.3) is 0 Å². The lowest BCUT2D eigenvalue weighted by molar-refractivity contribution is 0.402. The summed E-state index contributed by atoms with van der Waals surface area (Å²) in [6.07, 6.45) is 2.34. The third kappa shape index (κ3) is 1.60. The van der Waals surface area contributed by atoms with Crippen LogP contribution < -0.4 is 5.73 Å². The van der Waals surface area contributed by atoms with Crippen LogP contribution in [0.25, 0.3) is 0 Å². The van der Waals surface area contributed by atoms with E-state index in [0.29, 0.717) is 5.92 Å². The fraction of sp³-hybridized carbons (Fsp3) is 0.400. The molecule has 0 radical (unpaired) electrons. The minimum Gasteiger partial charge on any atom is -0.504 e. The van der Waals surface area contributed by atoms with Gasteiger partial charge in [-0.05, 0) is 36.5 Å². The van der Waals surface area contributed by atoms with Gasteiger partial charge in [-0.15, -0.1) is 0 Å². The second-order valence-electron chi connectivity index (χ2n) is 3.61. The zero-order chi connectivity index (χ0) is 9.42. The second kappa shape index (κ2) is 2.92. The number of phenols is 2. The summed E-state index contributed by atoms with van der Waals surface area (Å²) in [7, 11) is 0. The molecule has 0 aliphatic heterocycles. The highest BCUT2D eigenvalue weighted by atomic mass is 16.3. The minimum atomic E-state index is -0.0910. The topological polar surface area (TPSA) is 66.5 Å². The molecule has 1 aromatic rings. The summed E-state index contributed by atoms with van der Waals surface area (Å²) >= 11 is 0. The molecule has 70 valence electrons. The molecule has 0 heterocycles. The van der Waals surface area contributed by atoms with Gasteiger partial charge in [-0.1, -0.05) is 6.07 Å². The monoisotopic (exact) mass is 179 g/mol. The van der Waals surface area contributed by atoms with Gasteiger partial charge in [-0.25, -0.2) is 0 Å². The van der Waals surface area contributed by atoms with Gasteiger partial charge in [0.15, 0.2) is 11.5 Å². The molecule has 3 nitrogen and oxygen atoms in total. The summed E-state index contributed by atoms with van der Waals surface area (Å²) in [5.74, 6) is 0.379. The third-order valence-corrected chi connectivity index (χ3v) is 2.51. The van der Waals surface area contributed by atoms with Crippen molar-refractivity contribution in [1.82, 2.24) is 0 Å². The van der Waals surface area contributed by atoms with Gasteiger partial charge in [0.2, 0.25) is 0 Å². The van der Waals surface area contributed by atoms with Crippen LogP contribution in [0.2, 0.25) is 0 Å². The lowest BCUT2D eigenvalue weighted by Crippen LogP contribution is -2.11. The normalized spacial score (nSPS) is 18.5. The highest BCUT2D eigenvalue weighted by Gasteiger charge is 2.29. The van der Waals surface area contributed by atoms with Crippen LogP contribution in [0, 0.1) is 5.92 Å². The molecule has 4 N–H and O–H groups in total. The molecule has 0 unspecified atom stereocenters. The van der Waals surface area contributed by atoms with Gasteiger partial charge < -0.3 is 15.9 Å². The van der Waals surface area contributed by atoms with Crippen LogP contribution in [0.5, 0.6) is 11.5 Å². The summed E-state index contributed by atoms with van der Waals surface area (Å²) in [6, 6.07) is 4.79. The van der Waals surface area contributed by atoms with Crippen molar-refractivity contribution in [3.8, 4) is 11.5 Å². The maximum absolute atomic E-state index is 9.25. The molecular weight excluding hydrogens is 166 g/mol. The molecule has 13 heavy (non-hydrogen) atoms. The third-order valence-electron chi connectivity index (χ3n) is 2.51. The first kappa shape index (κ1) is 8.38. The van der Waals surface area contributed by atoms with Crippen LogP contribution in [0.15, 0.2) is 18.2 Å². The van der Waals surface area contributed by atoms with Crippen molar-refractivity contribution in [3.63, 3.8) is 0 Å². The van der Waals surface area contributed by atoms with Gasteiger partial charge in [0.05, 0.1) is 0 Å². The molecule has 1 fully saturated rings. The number of aromatic hydroxyl groups is 2. The molecule has 0 bridgehead atoms. The number of hydrogen-bond donors (Lipinski definition) is 3. The first-order valence-corrected chi connectivity index (χ1v) is 4.46. The molecule has 3 heteroatoms. The van der Waals surface area contributed by atoms with Crippen LogP contribution in [-0.2, 0) is 0 Å². The Kier molecular flexibility index (Phi) is 1.88. The van der Waals surface area contributed by atoms with E-state index in [4.69, 9.17) is 10.8 Å². The summed E-state index contributed by atoms with van der Waals surface area (Å²) in [5.41, 5.74) is 6.83. The molecule has 0 aromatic heterocycles. The van der Waals surface area contributed by atoms with E-state index < -0.39 is 0 Å². The number of hydrogen-bond acceptors (Lipinski definition) is 3. The molecular formula is C10H13NO2. The Labute approximate surface area is 76.8 Å². The first-order valence-electron chi connectivity index (χ1n) is 4.46. The molecule has 1 aromatic carbocycles. The number of benzene rings is 1. The molecule has 1 atom stereocenters. The zero-order valence-corrected chi connectivity index (χ0v) is 7.27. The Morgan fingerprint density at radius 1 is 1.23 bits per heavy atom. The van der Waals surface area contributed by atoms with Gasteiger partial charge in [0, 0.05) is 6.04 Å². The highest BCUT2D eigenvalue weighted by Crippen LogP contribution is 2.40. The van der Waals surface area contributed by atoms with E-state index >= 15 is 0 Å². The maximum Gasteiger partial charge on any atom is 0.157 e. The quantitative estimate of drug-likeness (QED) is 0.603. The lowest BCUT2D eigenvalue weighted by atomic mass is 10.0. The number of phenolic OH excluding ortho intramolecular Hbond substituents is 2. The number of rotatable bonds is 2. The molecule has 0 spiro atoms. The highest BCUT2D eigenvalue weighted by molar-refractivity contribution is 5.41. The zero-order valence-electron chi connectivity index (χ0n) is 7.27. The van der Waals surface area contributed by atoms with Crippen molar-refractivity contribution in [1.29, 1.82) is 0 Å². The van der Waals surface area contributed by atoms with Crippen LogP contribution in [0.4, 0.5) is 0 Å². The van der Waals surface area contributed by atoms with Crippen LogP contribution >= 0.6 is 0 Å². The van der Waals surface area contributed by atoms with Crippen LogP contribution in [0.1, 0.15) is 24.4 Å². The SMILES string of the molecule is N[C@H](c1ccc(O)c(O)c1)C1CC1. The van der Waals surface area contributed by atoms with E-state index in [2.05, 4.69) is 0 Å². The van der Waals surface area contributed by atoms with E-state index in [1.54, 1.807) is 12.1 Å². The number of nitrogens with two attached hydrogens (primary N) is 1. The molecule has 1 aliphatic rings. The summed E-state index contributed by atoms with van der Waals surface area (Å²) in [6.45, 7) is 0. The van der Waals surface area contributed by atoms with Gasteiger partial charge >= 0.3 is 0 Å². The average molecular weight is 179 g/mol. The molecule has 0 amide bonds. The van der Waals surface area contributed by atoms with E-state index in [1.165, 1.54) is 18.9 Å². The fourth-order valence-corrected chi connectivity index (χ4v) is 1.48. The molecule has 1 saturated carbocycles. The summed E-state index contributed by atoms with van der Waals surface area (Å²) in [4.78, 5) is 0. The van der Waals surface area contributed by atoms with Gasteiger partial charge in [-0.3, -0.25) is 0 Å². The lowest BCUT2D eigenvalue weighted by Gasteiger charge is -2.10. The predicted molar refractivity (Wildman–Crippen MR) is 49.4 cm³/mol. The average Bonchev–Trinajstić information content (AvgIpc) is 2.91. The Hall–Kier alpha value is -1.22. The van der Waals surface area contributed by atoms with E-state index in [0.717, 1.165) is 5.56 Å². The van der Waals surface area contributed by atoms with Crippen LogP contribution in [0.3, 0.4) is 0 Å². The fourth-order valence-electron chi connectivity index (χ4n) is 1.48. The molecule has 2 rings (SSSR count). The van der Waals surface area contributed by atoms with Crippen molar-refractivity contribution in [2.45, 2.75) is 18.9 Å². The first-order chi connectivity index (χ1) is 6.18. The van der Waals surface area contributed by atoms with Crippen molar-refractivity contribution < 1.29 is 10.2 Å². The maximum atomic E-state index is 9.25. The second-order valence-corrected chi connectivity index (χ2v) is 3.61. The summed E-state index contributed by atoms with van der Waals surface area (Å²) in [5, 5.41) is 18.3. The van der Waals surface area contributed by atoms with Crippen molar-refractivity contribution in [2.75, 3.05) is 0 Å².